The van der Waals surface area contributed by atoms with Gasteiger partial charge in [0, 0.05) is 12.8 Å². The topological polar surface area (TPSA) is 108 Å². The summed E-state index contributed by atoms with van der Waals surface area (Å²) >= 11 is 0. The number of carbonyl (C=O) groups excluding carboxylic acids is 2. The molecule has 2 atom stereocenters. The second-order valence-electron chi connectivity index (χ2n) is 20.2. The van der Waals surface area contributed by atoms with Crippen molar-refractivity contribution in [3.63, 3.8) is 0 Å². The van der Waals surface area contributed by atoms with Crippen LogP contribution in [0.25, 0.3) is 0 Å². The molecular weight excluding hydrogens is 851 g/mol. The van der Waals surface area contributed by atoms with Crippen molar-refractivity contribution in [1.29, 1.82) is 0 Å². The first-order valence-corrected chi connectivity index (χ1v) is 28.3. The second kappa shape index (κ2) is 50.6. The van der Waals surface area contributed by atoms with Gasteiger partial charge in [-0.2, -0.15) is 0 Å². The number of allylic oxidation sites excluding steroid dienone is 8. The Labute approximate surface area is 419 Å². The number of carboxylic acid groups (broad SMARTS) is 1. The molecule has 0 aliphatic rings. The van der Waals surface area contributed by atoms with E-state index in [-0.39, 0.29) is 32.2 Å². The van der Waals surface area contributed by atoms with E-state index in [0.29, 0.717) is 17.4 Å². The zero-order valence-corrected chi connectivity index (χ0v) is 45.0. The first-order chi connectivity index (χ1) is 33.1. The van der Waals surface area contributed by atoms with E-state index >= 15 is 0 Å². The third-order valence-corrected chi connectivity index (χ3v) is 12.3. The fraction of sp³-hybridized carbons (Fsp3) is 0.814. The van der Waals surface area contributed by atoms with Crippen LogP contribution < -0.4 is 0 Å². The van der Waals surface area contributed by atoms with Gasteiger partial charge in [-0.25, -0.2) is 4.79 Å². The lowest BCUT2D eigenvalue weighted by Gasteiger charge is -2.25. The first kappa shape index (κ1) is 65.2. The summed E-state index contributed by atoms with van der Waals surface area (Å²) in [5.41, 5.74) is 0. The number of hydrogen-bond donors (Lipinski definition) is 1. The van der Waals surface area contributed by atoms with Crippen LogP contribution in [0.5, 0.6) is 0 Å². The van der Waals surface area contributed by atoms with E-state index in [1.54, 1.807) is 0 Å². The molecule has 0 aliphatic carbocycles. The van der Waals surface area contributed by atoms with Crippen LogP contribution in [0.2, 0.25) is 0 Å². The number of rotatable bonds is 52. The third kappa shape index (κ3) is 51.1. The molecule has 0 aromatic carbocycles. The smallest absolute Gasteiger partial charge is 0.361 e. The van der Waals surface area contributed by atoms with E-state index in [0.717, 1.165) is 64.2 Å². The van der Waals surface area contributed by atoms with E-state index in [1.165, 1.54) is 161 Å². The van der Waals surface area contributed by atoms with E-state index in [2.05, 4.69) is 62.5 Å². The summed E-state index contributed by atoms with van der Waals surface area (Å²) in [6.07, 6.45) is 59.0. The summed E-state index contributed by atoms with van der Waals surface area (Å²) < 4.78 is 22.9. The highest BCUT2D eigenvalue weighted by Gasteiger charge is 2.25. The van der Waals surface area contributed by atoms with Gasteiger partial charge in [-0.3, -0.25) is 9.59 Å². The standard InChI is InChI=1S/C59H107NO8/c1-6-8-10-12-14-16-18-20-22-24-25-26-27-28-29-30-31-32-33-34-36-38-40-42-44-46-48-50-57(62)68-55(54-67-59(58(63)64)65-52-51-60(3,4)5)53-66-56(61)49-47-45-43-41-39-37-35-23-21-19-17-15-13-11-9-7-2/h8,10,14,16,20,22,25-26,55,59H,6-7,9,11-13,15,17-19,21,23-24,27-54H2,1-5H3/p+1/b10-8-,16-14-,22-20-,26-25-. The molecule has 0 spiro atoms. The molecule has 0 saturated carbocycles. The Morgan fingerprint density at radius 2 is 0.838 bits per heavy atom. The maximum atomic E-state index is 12.9. The van der Waals surface area contributed by atoms with Crippen LogP contribution in [-0.2, 0) is 33.3 Å². The Morgan fingerprint density at radius 3 is 1.25 bits per heavy atom. The van der Waals surface area contributed by atoms with Gasteiger partial charge >= 0.3 is 17.9 Å². The van der Waals surface area contributed by atoms with Crippen molar-refractivity contribution >= 4 is 17.9 Å². The molecule has 0 aromatic heterocycles. The van der Waals surface area contributed by atoms with Gasteiger partial charge in [0.1, 0.15) is 13.2 Å². The van der Waals surface area contributed by atoms with E-state index in [1.807, 2.05) is 21.1 Å². The SMILES string of the molecule is CC/C=C\C/C=C\C/C=C\C/C=C\CCCCCCCCCCCCCCCCC(=O)OC(COC(=O)CCCCCCCCCCCCCCCCCC)COC(OCC[N+](C)(C)C)C(=O)O. The van der Waals surface area contributed by atoms with Gasteiger partial charge in [0.2, 0.25) is 0 Å². The zero-order chi connectivity index (χ0) is 49.9. The number of nitrogens with zero attached hydrogens (tertiary/aromatic N) is 1. The average Bonchev–Trinajstić information content (AvgIpc) is 3.30. The molecule has 0 bridgehead atoms. The second-order valence-corrected chi connectivity index (χ2v) is 20.2. The molecule has 0 aliphatic heterocycles. The molecule has 0 rings (SSSR count). The van der Waals surface area contributed by atoms with Crippen molar-refractivity contribution in [2.45, 2.75) is 264 Å². The van der Waals surface area contributed by atoms with Gasteiger partial charge < -0.3 is 28.5 Å². The fourth-order valence-corrected chi connectivity index (χ4v) is 8.01. The fourth-order valence-electron chi connectivity index (χ4n) is 8.01. The Bertz CT molecular complexity index is 1250. The van der Waals surface area contributed by atoms with Crippen molar-refractivity contribution in [3.8, 4) is 0 Å². The molecule has 0 radical (unpaired) electrons. The van der Waals surface area contributed by atoms with Crippen molar-refractivity contribution in [2.75, 3.05) is 47.5 Å². The van der Waals surface area contributed by atoms with Crippen LogP contribution in [0.1, 0.15) is 251 Å². The summed E-state index contributed by atoms with van der Waals surface area (Å²) in [7, 11) is 5.97. The number of aliphatic carboxylic acids is 1. The van der Waals surface area contributed by atoms with Crippen molar-refractivity contribution in [3.05, 3.63) is 48.6 Å². The van der Waals surface area contributed by atoms with Gasteiger partial charge in [0.05, 0.1) is 34.4 Å². The van der Waals surface area contributed by atoms with Crippen LogP contribution in [0.3, 0.4) is 0 Å². The van der Waals surface area contributed by atoms with Gasteiger partial charge in [-0.05, 0) is 51.4 Å². The van der Waals surface area contributed by atoms with Gasteiger partial charge in [-0.15, -0.1) is 0 Å². The van der Waals surface area contributed by atoms with Crippen molar-refractivity contribution < 1.29 is 42.9 Å². The molecule has 9 heteroatoms. The van der Waals surface area contributed by atoms with Crippen molar-refractivity contribution in [2.24, 2.45) is 0 Å². The summed E-state index contributed by atoms with van der Waals surface area (Å²) in [5.74, 6) is -1.99. The highest BCUT2D eigenvalue weighted by molar-refractivity contribution is 5.71. The van der Waals surface area contributed by atoms with Crippen LogP contribution in [0.4, 0.5) is 0 Å². The molecule has 0 fully saturated rings. The highest BCUT2D eigenvalue weighted by atomic mass is 16.7. The number of ether oxygens (including phenoxy) is 4. The molecule has 0 amide bonds. The summed E-state index contributed by atoms with van der Waals surface area (Å²) in [5, 5.41) is 9.69. The number of carboxylic acids is 1. The molecule has 9 nitrogen and oxygen atoms in total. The number of quaternary nitrogens is 1. The number of esters is 2. The number of likely N-dealkylation sites (N-methyl/N-ethyl adjacent to an activating group) is 1. The predicted molar refractivity (Wildman–Crippen MR) is 286 cm³/mol. The van der Waals surface area contributed by atoms with Crippen LogP contribution in [0.15, 0.2) is 48.6 Å². The summed E-state index contributed by atoms with van der Waals surface area (Å²) in [6.45, 7) is 4.79. The Balaban J connectivity index is 4.20. The average molecular weight is 960 g/mol. The lowest BCUT2D eigenvalue weighted by molar-refractivity contribution is -0.870. The molecule has 396 valence electrons. The van der Waals surface area contributed by atoms with E-state index < -0.39 is 24.3 Å². The van der Waals surface area contributed by atoms with E-state index in [9.17, 15) is 19.5 Å². The Morgan fingerprint density at radius 1 is 0.456 bits per heavy atom. The number of carbonyl (C=O) groups is 3. The van der Waals surface area contributed by atoms with Gasteiger partial charge in [0.25, 0.3) is 6.29 Å². The highest BCUT2D eigenvalue weighted by Crippen LogP contribution is 2.17. The zero-order valence-electron chi connectivity index (χ0n) is 45.0. The Kier molecular flexibility index (Phi) is 48.6. The summed E-state index contributed by atoms with van der Waals surface area (Å²) in [4.78, 5) is 37.4. The van der Waals surface area contributed by atoms with Crippen LogP contribution in [0, 0.1) is 0 Å². The number of unbranched alkanes of at least 4 members (excludes halogenated alkanes) is 29. The quantitative estimate of drug-likeness (QED) is 0.0211. The minimum atomic E-state index is -1.51. The summed E-state index contributed by atoms with van der Waals surface area (Å²) in [6, 6.07) is 0. The van der Waals surface area contributed by atoms with Crippen molar-refractivity contribution in [1.82, 2.24) is 0 Å². The molecule has 2 unspecified atom stereocenters. The first-order valence-electron chi connectivity index (χ1n) is 28.3. The molecule has 0 aromatic rings. The Hall–Kier alpha value is -2.75. The maximum absolute atomic E-state index is 12.9. The predicted octanol–water partition coefficient (Wildman–Crippen LogP) is 16.3. The molecule has 68 heavy (non-hydrogen) atoms. The molecule has 0 heterocycles. The third-order valence-electron chi connectivity index (χ3n) is 12.3. The molecule has 0 saturated heterocycles. The van der Waals surface area contributed by atoms with Gasteiger partial charge in [-0.1, -0.05) is 236 Å². The minimum absolute atomic E-state index is 0.179. The van der Waals surface area contributed by atoms with Gasteiger partial charge in [0.15, 0.2) is 6.10 Å². The maximum Gasteiger partial charge on any atom is 0.361 e. The molecular formula is C59H108NO8+. The molecule has 1 N–H and O–H groups in total. The van der Waals surface area contributed by atoms with Crippen LogP contribution in [-0.4, -0.2) is 87.4 Å². The normalized spacial score (nSPS) is 13.1. The monoisotopic (exact) mass is 959 g/mol. The number of hydrogen-bond acceptors (Lipinski definition) is 7. The minimum Gasteiger partial charge on any atom is -0.477 e. The lowest BCUT2D eigenvalue weighted by Crippen LogP contribution is -2.40. The van der Waals surface area contributed by atoms with E-state index in [4.69, 9.17) is 18.9 Å². The largest absolute Gasteiger partial charge is 0.477 e. The lowest BCUT2D eigenvalue weighted by atomic mass is 10.0. The van der Waals surface area contributed by atoms with Crippen LogP contribution >= 0.6 is 0 Å².